The fourth-order valence-electron chi connectivity index (χ4n) is 1.21. The summed E-state index contributed by atoms with van der Waals surface area (Å²) in [5.74, 6) is 0.327. The Morgan fingerprint density at radius 3 is 2.81 bits per heavy atom. The second-order valence-electron chi connectivity index (χ2n) is 3.07. The Bertz CT molecular complexity index is 579. The standard InChI is InChI=1S/C9H9N3O2S2/c1-7-8(3-2-4-10-7)16(13,14)12-9-5-15-6-11-9/h2-6,12H,1H3. The van der Waals surface area contributed by atoms with Gasteiger partial charge in [-0.3, -0.25) is 9.71 Å². The fraction of sp³-hybridized carbons (Fsp3) is 0.111. The van der Waals surface area contributed by atoms with Crippen LogP contribution in [0.15, 0.2) is 34.1 Å². The summed E-state index contributed by atoms with van der Waals surface area (Å²) in [7, 11) is -3.58. The number of nitrogens with zero attached hydrogens (tertiary/aromatic N) is 2. The molecule has 0 bridgehead atoms. The topological polar surface area (TPSA) is 72.0 Å². The molecule has 0 atom stereocenters. The molecule has 0 aromatic carbocycles. The zero-order valence-electron chi connectivity index (χ0n) is 8.41. The molecule has 0 aliphatic carbocycles. The van der Waals surface area contributed by atoms with E-state index in [0.29, 0.717) is 11.5 Å². The number of nitrogens with one attached hydrogen (secondary N) is 1. The van der Waals surface area contributed by atoms with Crippen LogP contribution < -0.4 is 4.72 Å². The lowest BCUT2D eigenvalue weighted by Crippen LogP contribution is -2.14. The third-order valence-electron chi connectivity index (χ3n) is 1.92. The quantitative estimate of drug-likeness (QED) is 0.905. The van der Waals surface area contributed by atoms with Gasteiger partial charge in [-0.1, -0.05) is 0 Å². The molecule has 1 N–H and O–H groups in total. The van der Waals surface area contributed by atoms with Gasteiger partial charge in [-0.2, -0.15) is 0 Å². The van der Waals surface area contributed by atoms with Crippen molar-refractivity contribution < 1.29 is 8.42 Å². The average molecular weight is 255 g/mol. The van der Waals surface area contributed by atoms with Gasteiger partial charge >= 0.3 is 0 Å². The minimum atomic E-state index is -3.58. The smallest absolute Gasteiger partial charge is 0.263 e. The van der Waals surface area contributed by atoms with Crippen molar-refractivity contribution in [2.45, 2.75) is 11.8 Å². The van der Waals surface area contributed by atoms with E-state index in [1.807, 2.05) is 0 Å². The lowest BCUT2D eigenvalue weighted by molar-refractivity contribution is 0.600. The molecule has 0 aliphatic heterocycles. The van der Waals surface area contributed by atoms with Crippen LogP contribution in [0.3, 0.4) is 0 Å². The predicted molar refractivity (Wildman–Crippen MR) is 61.9 cm³/mol. The maximum absolute atomic E-state index is 11.9. The number of hydrogen-bond donors (Lipinski definition) is 1. The van der Waals surface area contributed by atoms with Crippen molar-refractivity contribution in [1.29, 1.82) is 0 Å². The number of pyridine rings is 1. The highest BCUT2D eigenvalue weighted by Gasteiger charge is 2.17. The maximum Gasteiger partial charge on any atom is 0.264 e. The molecule has 0 amide bonds. The number of thiazole rings is 1. The van der Waals surface area contributed by atoms with Gasteiger partial charge in [-0.25, -0.2) is 13.4 Å². The van der Waals surface area contributed by atoms with Crippen LogP contribution in [-0.2, 0) is 10.0 Å². The maximum atomic E-state index is 11.9. The second kappa shape index (κ2) is 4.18. The molecule has 0 fully saturated rings. The molecule has 5 nitrogen and oxygen atoms in total. The molecule has 16 heavy (non-hydrogen) atoms. The van der Waals surface area contributed by atoms with Crippen molar-refractivity contribution in [3.05, 3.63) is 34.9 Å². The van der Waals surface area contributed by atoms with Crippen LogP contribution in [0.1, 0.15) is 5.69 Å². The lowest BCUT2D eigenvalue weighted by atomic mass is 10.4. The van der Waals surface area contributed by atoms with Crippen LogP contribution in [-0.4, -0.2) is 18.4 Å². The van der Waals surface area contributed by atoms with E-state index in [4.69, 9.17) is 0 Å². The molecule has 84 valence electrons. The Balaban J connectivity index is 2.37. The minimum absolute atomic E-state index is 0.169. The van der Waals surface area contributed by atoms with Gasteiger partial charge in [-0.05, 0) is 19.1 Å². The van der Waals surface area contributed by atoms with E-state index >= 15 is 0 Å². The first-order chi connectivity index (χ1) is 7.59. The van der Waals surface area contributed by atoms with Crippen molar-refractivity contribution in [2.24, 2.45) is 0 Å². The van der Waals surface area contributed by atoms with Gasteiger partial charge in [0.25, 0.3) is 10.0 Å². The molecule has 2 aromatic heterocycles. The summed E-state index contributed by atoms with van der Waals surface area (Å²) in [6.45, 7) is 1.65. The van der Waals surface area contributed by atoms with Gasteiger partial charge in [0, 0.05) is 11.6 Å². The first kappa shape index (κ1) is 11.0. The van der Waals surface area contributed by atoms with Crippen molar-refractivity contribution in [3.63, 3.8) is 0 Å². The summed E-state index contributed by atoms with van der Waals surface area (Å²) in [6, 6.07) is 3.10. The van der Waals surface area contributed by atoms with Crippen LogP contribution in [0.25, 0.3) is 0 Å². The monoisotopic (exact) mass is 255 g/mol. The van der Waals surface area contributed by atoms with Crippen molar-refractivity contribution in [1.82, 2.24) is 9.97 Å². The van der Waals surface area contributed by atoms with Gasteiger partial charge in [-0.15, -0.1) is 11.3 Å². The molecule has 2 aromatic rings. The molecule has 2 rings (SSSR count). The summed E-state index contributed by atoms with van der Waals surface area (Å²) >= 11 is 1.33. The van der Waals surface area contributed by atoms with E-state index in [1.54, 1.807) is 30.1 Å². The molecule has 0 spiro atoms. The number of anilines is 1. The normalized spacial score (nSPS) is 11.3. The van der Waals surface area contributed by atoms with Crippen LogP contribution in [0, 0.1) is 6.92 Å². The third kappa shape index (κ3) is 2.20. The second-order valence-corrected chi connectivity index (χ2v) is 5.44. The Labute approximate surface area is 97.2 Å². The fourth-order valence-corrected chi connectivity index (χ4v) is 2.96. The summed E-state index contributed by atoms with van der Waals surface area (Å²) in [5.41, 5.74) is 2.03. The molecule has 0 saturated heterocycles. The van der Waals surface area contributed by atoms with Crippen molar-refractivity contribution in [3.8, 4) is 0 Å². The Hall–Kier alpha value is -1.47. The zero-order valence-corrected chi connectivity index (χ0v) is 10.0. The highest BCUT2D eigenvalue weighted by atomic mass is 32.2. The van der Waals surface area contributed by atoms with Gasteiger partial charge < -0.3 is 0 Å². The molecule has 0 unspecified atom stereocenters. The van der Waals surface area contributed by atoms with Crippen LogP contribution in [0.4, 0.5) is 5.82 Å². The first-order valence-electron chi connectivity index (χ1n) is 4.42. The molecule has 7 heteroatoms. The van der Waals surface area contributed by atoms with Crippen molar-refractivity contribution in [2.75, 3.05) is 4.72 Å². The number of rotatable bonds is 3. The highest BCUT2D eigenvalue weighted by Crippen LogP contribution is 2.17. The SMILES string of the molecule is Cc1ncccc1S(=O)(=O)Nc1cscn1. The van der Waals surface area contributed by atoms with Gasteiger partial charge in [0.15, 0.2) is 5.82 Å². The van der Waals surface area contributed by atoms with Crippen LogP contribution in [0.5, 0.6) is 0 Å². The first-order valence-corrected chi connectivity index (χ1v) is 6.85. The van der Waals surface area contributed by atoms with E-state index in [-0.39, 0.29) is 4.90 Å². The van der Waals surface area contributed by atoms with Crippen LogP contribution in [0.2, 0.25) is 0 Å². The van der Waals surface area contributed by atoms with Gasteiger partial charge in [0.1, 0.15) is 4.90 Å². The predicted octanol–water partition coefficient (Wildman–Crippen LogP) is 1.65. The van der Waals surface area contributed by atoms with E-state index in [1.165, 1.54) is 17.4 Å². The Morgan fingerprint density at radius 1 is 1.38 bits per heavy atom. The van der Waals surface area contributed by atoms with E-state index < -0.39 is 10.0 Å². The lowest BCUT2D eigenvalue weighted by Gasteiger charge is -2.06. The molecule has 0 saturated carbocycles. The molecular formula is C9H9N3O2S2. The minimum Gasteiger partial charge on any atom is -0.263 e. The molecule has 2 heterocycles. The number of aromatic nitrogens is 2. The zero-order chi connectivity index (χ0) is 11.6. The number of sulfonamides is 1. The van der Waals surface area contributed by atoms with E-state index in [9.17, 15) is 8.42 Å². The van der Waals surface area contributed by atoms with E-state index in [0.717, 1.165) is 0 Å². The summed E-state index contributed by atoms with van der Waals surface area (Å²) in [6.07, 6.45) is 1.55. The molecule has 0 aliphatic rings. The van der Waals surface area contributed by atoms with Crippen molar-refractivity contribution >= 4 is 27.2 Å². The number of hydrogen-bond acceptors (Lipinski definition) is 5. The summed E-state index contributed by atoms with van der Waals surface area (Å²) in [5, 5.41) is 1.63. The van der Waals surface area contributed by atoms with Gasteiger partial charge in [0.2, 0.25) is 0 Å². The average Bonchev–Trinajstić information content (AvgIpc) is 2.70. The Morgan fingerprint density at radius 2 is 2.19 bits per heavy atom. The van der Waals surface area contributed by atoms with Crippen LogP contribution >= 0.6 is 11.3 Å². The summed E-state index contributed by atoms with van der Waals surface area (Å²) in [4.78, 5) is 7.97. The highest BCUT2D eigenvalue weighted by molar-refractivity contribution is 7.92. The largest absolute Gasteiger partial charge is 0.264 e. The van der Waals surface area contributed by atoms with Gasteiger partial charge in [0.05, 0.1) is 11.2 Å². The molecule has 0 radical (unpaired) electrons. The van der Waals surface area contributed by atoms with E-state index in [2.05, 4.69) is 14.7 Å². The number of aryl methyl sites for hydroxylation is 1. The third-order valence-corrected chi connectivity index (χ3v) is 3.99. The molecular weight excluding hydrogens is 246 g/mol. The Kier molecular flexibility index (Phi) is 2.88. The summed E-state index contributed by atoms with van der Waals surface area (Å²) < 4.78 is 26.3.